The molecule has 0 atom stereocenters. The van der Waals surface area contributed by atoms with E-state index in [9.17, 15) is 9.59 Å². The van der Waals surface area contributed by atoms with Crippen LogP contribution >= 0.6 is 12.2 Å². The van der Waals surface area contributed by atoms with Crippen LogP contribution in [0.5, 0.6) is 0 Å². The number of ether oxygens (including phenoxy) is 1. The fourth-order valence-electron chi connectivity index (χ4n) is 3.62. The molecular weight excluding hydrogens is 362 g/mol. The Morgan fingerprint density at radius 1 is 1.22 bits per heavy atom. The van der Waals surface area contributed by atoms with Crippen molar-refractivity contribution in [2.24, 2.45) is 0 Å². The fraction of sp³-hybridized carbons (Fsp3) is 0.550. The zero-order chi connectivity index (χ0) is 19.2. The number of hydrogen-bond acceptors (Lipinski definition) is 4. The van der Waals surface area contributed by atoms with Gasteiger partial charge in [0.2, 0.25) is 5.91 Å². The lowest BCUT2D eigenvalue weighted by Crippen LogP contribution is -2.40. The molecule has 1 amide bonds. The Kier molecular flexibility index (Phi) is 6.79. The van der Waals surface area contributed by atoms with Crippen LogP contribution in [0.15, 0.2) is 29.1 Å². The number of unbranched alkanes of at least 4 members (excludes halogenated alkanes) is 2. The number of aromatic amines is 1. The van der Waals surface area contributed by atoms with E-state index in [4.69, 9.17) is 17.0 Å². The van der Waals surface area contributed by atoms with Gasteiger partial charge in [-0.3, -0.25) is 14.2 Å². The van der Waals surface area contributed by atoms with Crippen molar-refractivity contribution in [2.75, 3.05) is 20.2 Å². The molecule has 0 saturated carbocycles. The van der Waals surface area contributed by atoms with Gasteiger partial charge in [-0.15, -0.1) is 0 Å². The molecule has 1 N–H and O–H groups in total. The van der Waals surface area contributed by atoms with Crippen LogP contribution in [-0.4, -0.2) is 46.7 Å². The Hall–Kier alpha value is -1.99. The van der Waals surface area contributed by atoms with E-state index in [1.807, 2.05) is 29.2 Å². The van der Waals surface area contributed by atoms with Crippen LogP contribution in [0.2, 0.25) is 0 Å². The molecule has 0 unspecified atom stereocenters. The number of para-hydroxylation sites is 1. The maximum atomic E-state index is 12.6. The molecule has 1 aliphatic heterocycles. The van der Waals surface area contributed by atoms with Crippen LogP contribution in [0.3, 0.4) is 0 Å². The van der Waals surface area contributed by atoms with Crippen molar-refractivity contribution in [1.82, 2.24) is 14.5 Å². The topological polar surface area (TPSA) is 67.3 Å². The van der Waals surface area contributed by atoms with Crippen LogP contribution in [0.1, 0.15) is 38.5 Å². The Morgan fingerprint density at radius 2 is 1.96 bits per heavy atom. The van der Waals surface area contributed by atoms with E-state index in [2.05, 4.69) is 4.98 Å². The second-order valence-corrected chi connectivity index (χ2v) is 7.45. The predicted octanol–water partition coefficient (Wildman–Crippen LogP) is 3.26. The highest BCUT2D eigenvalue weighted by molar-refractivity contribution is 7.71. The van der Waals surface area contributed by atoms with E-state index in [-0.39, 0.29) is 11.5 Å². The lowest BCUT2D eigenvalue weighted by atomic mass is 10.1. The molecule has 1 aromatic heterocycles. The Labute approximate surface area is 164 Å². The molecule has 0 bridgehead atoms. The molecule has 7 heteroatoms. The first kappa shape index (κ1) is 19.8. The summed E-state index contributed by atoms with van der Waals surface area (Å²) in [6.45, 7) is 2.16. The maximum absolute atomic E-state index is 12.6. The molecule has 1 aromatic carbocycles. The molecule has 27 heavy (non-hydrogen) atoms. The van der Waals surface area contributed by atoms with E-state index in [0.29, 0.717) is 29.2 Å². The zero-order valence-corrected chi connectivity index (χ0v) is 16.6. The van der Waals surface area contributed by atoms with Crippen molar-refractivity contribution in [3.05, 3.63) is 39.4 Å². The van der Waals surface area contributed by atoms with E-state index in [1.165, 1.54) is 0 Å². The molecule has 1 saturated heterocycles. The van der Waals surface area contributed by atoms with Gasteiger partial charge in [0.1, 0.15) is 0 Å². The summed E-state index contributed by atoms with van der Waals surface area (Å²) in [6.07, 6.45) is 5.26. The molecule has 3 rings (SSSR count). The number of benzene rings is 1. The number of H-pyrrole nitrogens is 1. The van der Waals surface area contributed by atoms with Gasteiger partial charge >= 0.3 is 0 Å². The summed E-state index contributed by atoms with van der Waals surface area (Å²) in [5.41, 5.74) is 0.720. The van der Waals surface area contributed by atoms with Gasteiger partial charge in [0.25, 0.3) is 5.56 Å². The number of aromatic nitrogens is 2. The summed E-state index contributed by atoms with van der Waals surface area (Å²) in [6, 6.07) is 7.40. The summed E-state index contributed by atoms with van der Waals surface area (Å²) in [5.74, 6) is 0.227. The van der Waals surface area contributed by atoms with Gasteiger partial charge in [0.05, 0.1) is 17.0 Å². The van der Waals surface area contributed by atoms with Crippen LogP contribution < -0.4 is 5.56 Å². The molecule has 0 spiro atoms. The molecule has 0 radical (unpaired) electrons. The number of hydrogen-bond donors (Lipinski definition) is 1. The highest BCUT2D eigenvalue weighted by Gasteiger charge is 2.21. The predicted molar refractivity (Wildman–Crippen MR) is 108 cm³/mol. The van der Waals surface area contributed by atoms with Crippen LogP contribution in [-0.2, 0) is 16.1 Å². The first-order valence-corrected chi connectivity index (χ1v) is 10.0. The van der Waals surface area contributed by atoms with Gasteiger partial charge in [-0.1, -0.05) is 18.6 Å². The van der Waals surface area contributed by atoms with Gasteiger partial charge < -0.3 is 14.6 Å². The number of carbonyl (C=O) groups is 1. The summed E-state index contributed by atoms with van der Waals surface area (Å²) in [5, 5.41) is 0.653. The average Bonchev–Trinajstić information content (AvgIpc) is 2.69. The number of nitrogens with zero attached hydrogens (tertiary/aromatic N) is 2. The van der Waals surface area contributed by atoms with Crippen LogP contribution in [0.4, 0.5) is 0 Å². The van der Waals surface area contributed by atoms with Gasteiger partial charge in [-0.05, 0) is 50.0 Å². The lowest BCUT2D eigenvalue weighted by molar-refractivity contribution is -0.133. The minimum Gasteiger partial charge on any atom is -0.381 e. The monoisotopic (exact) mass is 389 g/mol. The molecule has 1 fully saturated rings. The fourth-order valence-corrected chi connectivity index (χ4v) is 3.91. The first-order chi connectivity index (χ1) is 13.1. The highest BCUT2D eigenvalue weighted by Crippen LogP contribution is 2.15. The Morgan fingerprint density at radius 3 is 2.70 bits per heavy atom. The molecule has 1 aliphatic rings. The minimum absolute atomic E-state index is 0.0496. The standard InChI is InChI=1S/C20H27N3O3S/c1-26-15-10-13-22(14-11-15)18(24)9-3-2-6-12-23-19(25)16-7-4-5-8-17(16)21-20(23)27/h4-5,7-8,15H,2-3,6,9-14H2,1H3,(H,21,27). The number of fused-ring (bicyclic) bond motifs is 1. The molecule has 2 heterocycles. The minimum atomic E-state index is -0.0496. The maximum Gasteiger partial charge on any atom is 0.262 e. The second-order valence-electron chi connectivity index (χ2n) is 7.06. The third kappa shape index (κ3) is 4.84. The SMILES string of the molecule is COC1CCN(C(=O)CCCCCn2c(=S)[nH]c3ccccc3c2=O)CC1. The van der Waals surface area contributed by atoms with Crippen LogP contribution in [0, 0.1) is 4.77 Å². The van der Waals surface area contributed by atoms with E-state index in [1.54, 1.807) is 11.7 Å². The number of piperidine rings is 1. The average molecular weight is 390 g/mol. The second kappa shape index (κ2) is 9.28. The molecular formula is C20H27N3O3S. The number of nitrogens with one attached hydrogen (secondary N) is 1. The number of amides is 1. The molecule has 2 aromatic rings. The van der Waals surface area contributed by atoms with E-state index in [0.717, 1.165) is 50.7 Å². The summed E-state index contributed by atoms with van der Waals surface area (Å²) in [7, 11) is 1.73. The van der Waals surface area contributed by atoms with Gasteiger partial charge in [-0.25, -0.2) is 0 Å². The van der Waals surface area contributed by atoms with Gasteiger partial charge in [-0.2, -0.15) is 0 Å². The van der Waals surface area contributed by atoms with E-state index >= 15 is 0 Å². The quantitative estimate of drug-likeness (QED) is 0.583. The van der Waals surface area contributed by atoms with Crippen molar-refractivity contribution in [2.45, 2.75) is 51.2 Å². The first-order valence-electron chi connectivity index (χ1n) is 9.62. The highest BCUT2D eigenvalue weighted by atomic mass is 32.1. The normalized spacial score (nSPS) is 15.4. The third-order valence-electron chi connectivity index (χ3n) is 5.29. The van der Waals surface area contributed by atoms with Gasteiger partial charge in [0, 0.05) is 33.2 Å². The van der Waals surface area contributed by atoms with Crippen molar-refractivity contribution in [3.63, 3.8) is 0 Å². The summed E-state index contributed by atoms with van der Waals surface area (Å²) < 4.78 is 7.42. The van der Waals surface area contributed by atoms with Crippen molar-refractivity contribution < 1.29 is 9.53 Å². The number of methoxy groups -OCH3 is 1. The van der Waals surface area contributed by atoms with Gasteiger partial charge in [0.15, 0.2) is 4.77 Å². The van der Waals surface area contributed by atoms with Crippen molar-refractivity contribution in [1.29, 1.82) is 0 Å². The zero-order valence-electron chi connectivity index (χ0n) is 15.8. The smallest absolute Gasteiger partial charge is 0.262 e. The van der Waals surface area contributed by atoms with Crippen molar-refractivity contribution in [3.8, 4) is 0 Å². The number of rotatable bonds is 7. The Balaban J connectivity index is 1.46. The lowest BCUT2D eigenvalue weighted by Gasteiger charge is -2.31. The van der Waals surface area contributed by atoms with Crippen LogP contribution in [0.25, 0.3) is 10.9 Å². The third-order valence-corrected chi connectivity index (χ3v) is 5.61. The number of likely N-dealkylation sites (tertiary alicyclic amines) is 1. The summed E-state index contributed by atoms with van der Waals surface area (Å²) in [4.78, 5) is 29.9. The number of carbonyl (C=O) groups excluding carboxylic acids is 1. The molecule has 146 valence electrons. The summed E-state index contributed by atoms with van der Waals surface area (Å²) >= 11 is 5.33. The van der Waals surface area contributed by atoms with Crippen molar-refractivity contribution >= 4 is 29.0 Å². The van der Waals surface area contributed by atoms with E-state index < -0.39 is 0 Å². The largest absolute Gasteiger partial charge is 0.381 e. The molecule has 6 nitrogen and oxygen atoms in total. The molecule has 0 aliphatic carbocycles. The Bertz CT molecular complexity index is 897.